The van der Waals surface area contributed by atoms with Crippen molar-refractivity contribution in [3.8, 4) is 44.5 Å². The van der Waals surface area contributed by atoms with Crippen molar-refractivity contribution in [3.05, 3.63) is 205 Å². The van der Waals surface area contributed by atoms with Gasteiger partial charge in [-0.3, -0.25) is 0 Å². The molecular weight excluding hydrogens is 845 g/mol. The highest BCUT2D eigenvalue weighted by molar-refractivity contribution is 6.26. The highest BCUT2D eigenvalue weighted by atomic mass is 16.3. The molecule has 18 rings (SSSR count). The summed E-state index contributed by atoms with van der Waals surface area (Å²) < 4.78 is 27.1. The van der Waals surface area contributed by atoms with Crippen molar-refractivity contribution in [3.63, 3.8) is 0 Å². The first-order valence-electron chi connectivity index (χ1n) is 24.0. The van der Waals surface area contributed by atoms with Crippen molar-refractivity contribution in [2.75, 3.05) is 0 Å². The average molecular weight is 882 g/mol. The largest absolute Gasteiger partial charge is 0.459 e. The zero-order valence-electron chi connectivity index (χ0n) is 37.3. The maximum absolute atomic E-state index is 7.05. The third-order valence-electron chi connectivity index (χ3n) is 15.9. The van der Waals surface area contributed by atoms with Crippen molar-refractivity contribution in [2.24, 2.45) is 0 Å². The van der Waals surface area contributed by atoms with Crippen LogP contribution in [0, 0.1) is 13.3 Å². The molecular formula is C65H37O4. The van der Waals surface area contributed by atoms with E-state index in [1.165, 1.54) is 82.0 Å². The van der Waals surface area contributed by atoms with E-state index >= 15 is 0 Å². The Morgan fingerprint density at radius 1 is 0.362 bits per heavy atom. The fourth-order valence-corrected chi connectivity index (χ4v) is 12.6. The van der Waals surface area contributed by atoms with Gasteiger partial charge in [-0.1, -0.05) is 146 Å². The summed E-state index contributed by atoms with van der Waals surface area (Å²) in [6, 6.07) is 60.7. The molecule has 7 aliphatic rings. The standard InChI is InChI=1S/C34H19O2.C31H18O2/c1-2-6-20-17(4-1)5-3-7-22(20)24-12-10-19-11-15-27-30-28(19)33(24)36-34-26-16-25(26)23-14-13-21(18-8-9-18)32(35-27)29(23)31(30)34;1-17-9-10-19-12-16-25-28-26(19)30(17)32-24-15-13-20-11-14-23(31(33-25)27(20)29(24)28)22-8-4-6-18-5-2-3-7-21(18)22/h1-15,25-26H,16H2;2-16H,1H3. The molecule has 0 saturated heterocycles. The van der Waals surface area contributed by atoms with Crippen molar-refractivity contribution in [2.45, 2.75) is 25.2 Å². The van der Waals surface area contributed by atoms with Gasteiger partial charge in [0.1, 0.15) is 44.8 Å². The molecule has 4 heteroatoms. The Balaban J connectivity index is 0.000000117. The van der Waals surface area contributed by atoms with Gasteiger partial charge in [-0.2, -0.15) is 0 Å². The van der Waals surface area contributed by atoms with E-state index in [1.807, 2.05) is 0 Å². The Kier molecular flexibility index (Phi) is 6.82. The van der Waals surface area contributed by atoms with E-state index in [9.17, 15) is 0 Å². The molecule has 4 aliphatic heterocycles. The van der Waals surface area contributed by atoms with Gasteiger partial charge < -0.3 is 17.7 Å². The van der Waals surface area contributed by atoms with Crippen molar-refractivity contribution >= 4 is 104 Å². The molecule has 0 amide bonds. The van der Waals surface area contributed by atoms with Crippen LogP contribution in [0.5, 0.6) is 0 Å². The minimum atomic E-state index is 0.452. The zero-order valence-corrected chi connectivity index (χ0v) is 37.3. The molecule has 11 aromatic carbocycles. The summed E-state index contributed by atoms with van der Waals surface area (Å²) in [6.45, 7) is 2.11. The Hall–Kier alpha value is -8.60. The van der Waals surface area contributed by atoms with Gasteiger partial charge in [-0.15, -0.1) is 0 Å². The van der Waals surface area contributed by atoms with Crippen molar-refractivity contribution < 1.29 is 17.7 Å². The molecule has 11 aromatic rings. The summed E-state index contributed by atoms with van der Waals surface area (Å²) >= 11 is 0. The number of fused-ring (bicyclic) bond motifs is 5. The average Bonchev–Trinajstić information content (AvgIpc) is 4.35. The van der Waals surface area contributed by atoms with Crippen LogP contribution >= 0.6 is 0 Å². The Morgan fingerprint density at radius 3 is 1.45 bits per heavy atom. The predicted molar refractivity (Wildman–Crippen MR) is 282 cm³/mol. The lowest BCUT2D eigenvalue weighted by atomic mass is 9.83. The van der Waals surface area contributed by atoms with E-state index < -0.39 is 0 Å². The number of allylic oxidation sites excluding steroid dienone is 2. The van der Waals surface area contributed by atoms with Gasteiger partial charge in [0, 0.05) is 72.8 Å². The summed E-state index contributed by atoms with van der Waals surface area (Å²) in [5.41, 5.74) is 21.1. The van der Waals surface area contributed by atoms with Crippen LogP contribution in [0.3, 0.4) is 0 Å². The Bertz CT molecular complexity index is 4680. The molecule has 69 heavy (non-hydrogen) atoms. The first-order chi connectivity index (χ1) is 34.1. The van der Waals surface area contributed by atoms with E-state index in [0.717, 1.165) is 95.2 Å². The van der Waals surface area contributed by atoms with Crippen LogP contribution in [-0.4, -0.2) is 0 Å². The number of aryl methyl sites for hydroxylation is 1. The molecule has 0 N–H and O–H groups in total. The van der Waals surface area contributed by atoms with E-state index in [1.54, 1.807) is 0 Å². The maximum atomic E-state index is 7.05. The van der Waals surface area contributed by atoms with Crippen LogP contribution in [0.2, 0.25) is 0 Å². The molecule has 2 atom stereocenters. The molecule has 1 saturated carbocycles. The minimum Gasteiger partial charge on any atom is -0.459 e. The summed E-state index contributed by atoms with van der Waals surface area (Å²) in [5.74, 6) is 2.13. The van der Waals surface area contributed by atoms with E-state index in [-0.39, 0.29) is 0 Å². The molecule has 321 valence electrons. The summed E-state index contributed by atoms with van der Waals surface area (Å²) in [5, 5.41) is 13.2. The van der Waals surface area contributed by atoms with Gasteiger partial charge in [-0.25, -0.2) is 0 Å². The molecule has 0 spiro atoms. The highest BCUT2D eigenvalue weighted by Crippen LogP contribution is 2.66. The summed E-state index contributed by atoms with van der Waals surface area (Å²) in [6.07, 6.45) is 5.49. The first-order valence-corrected chi connectivity index (χ1v) is 24.0. The molecule has 1 fully saturated rings. The summed E-state index contributed by atoms with van der Waals surface area (Å²) in [7, 11) is 0. The van der Waals surface area contributed by atoms with Crippen molar-refractivity contribution in [1.82, 2.24) is 0 Å². The van der Waals surface area contributed by atoms with Gasteiger partial charge in [0.15, 0.2) is 0 Å². The van der Waals surface area contributed by atoms with Crippen LogP contribution in [-0.2, 0) is 0 Å². The van der Waals surface area contributed by atoms with Gasteiger partial charge in [0.05, 0.1) is 0 Å². The third-order valence-corrected chi connectivity index (χ3v) is 15.9. The minimum absolute atomic E-state index is 0.452. The van der Waals surface area contributed by atoms with Crippen LogP contribution in [0.25, 0.3) is 148 Å². The third kappa shape index (κ3) is 4.82. The summed E-state index contributed by atoms with van der Waals surface area (Å²) in [4.78, 5) is 0. The smallest absolute Gasteiger partial charge is 0.143 e. The Labute approximate surface area is 394 Å². The molecule has 0 bridgehead atoms. The van der Waals surface area contributed by atoms with Crippen LogP contribution in [0.15, 0.2) is 194 Å². The first kappa shape index (κ1) is 36.5. The maximum Gasteiger partial charge on any atom is 0.143 e. The van der Waals surface area contributed by atoms with Gasteiger partial charge >= 0.3 is 0 Å². The molecule has 0 aromatic heterocycles. The Morgan fingerprint density at radius 2 is 0.841 bits per heavy atom. The van der Waals surface area contributed by atoms with E-state index in [4.69, 9.17) is 17.7 Å². The van der Waals surface area contributed by atoms with Crippen LogP contribution in [0.4, 0.5) is 0 Å². The lowest BCUT2D eigenvalue weighted by Crippen LogP contribution is -2.04. The second-order valence-corrected chi connectivity index (χ2v) is 19.6. The molecule has 4 heterocycles. The van der Waals surface area contributed by atoms with Crippen LogP contribution < -0.4 is 0 Å². The van der Waals surface area contributed by atoms with Crippen LogP contribution in [0.1, 0.15) is 40.7 Å². The second-order valence-electron chi connectivity index (χ2n) is 19.6. The van der Waals surface area contributed by atoms with E-state index in [0.29, 0.717) is 11.8 Å². The lowest BCUT2D eigenvalue weighted by Gasteiger charge is -2.25. The second kappa shape index (κ2) is 12.9. The topological polar surface area (TPSA) is 52.6 Å². The fraction of sp³-hybridized carbons (Fsp3) is 0.0615. The SMILES string of the molecule is Cc1ccc2ccc3oc4c(-c5cccc6ccccc56)ccc5ccc6oc1c2c3-c6c54.[CH]1C=C1c1ccc2c3c4c(oc5c(-c6cccc7ccccc67)ccc6ccc(oc13)c-4c65)C1CC21. The fourth-order valence-electron chi connectivity index (χ4n) is 12.6. The molecule has 3 aliphatic carbocycles. The highest BCUT2D eigenvalue weighted by Gasteiger charge is 2.49. The molecule has 2 unspecified atom stereocenters. The van der Waals surface area contributed by atoms with Gasteiger partial charge in [0.2, 0.25) is 0 Å². The predicted octanol–water partition coefficient (Wildman–Crippen LogP) is 18.6. The van der Waals surface area contributed by atoms with Gasteiger partial charge in [-0.05, 0) is 115 Å². The normalized spacial score (nSPS) is 16.2. The van der Waals surface area contributed by atoms with Gasteiger partial charge in [0.25, 0.3) is 0 Å². The number of hydrogen-bond acceptors (Lipinski definition) is 4. The number of hydrogen-bond donors (Lipinski definition) is 0. The van der Waals surface area contributed by atoms with E-state index in [2.05, 4.69) is 189 Å². The monoisotopic (exact) mass is 881 g/mol. The van der Waals surface area contributed by atoms with Crippen molar-refractivity contribution in [1.29, 1.82) is 0 Å². The quantitative estimate of drug-likeness (QED) is 0.131. The number of benzene rings is 11. The molecule has 1 radical (unpaired) electrons. The number of rotatable bonds is 3. The zero-order chi connectivity index (χ0) is 44.8. The lowest BCUT2D eigenvalue weighted by molar-refractivity contribution is 0.537. The molecule has 4 nitrogen and oxygen atoms in total.